The first-order valence-electron chi connectivity index (χ1n) is 7.20. The van der Waals surface area contributed by atoms with E-state index in [2.05, 4.69) is 29.2 Å². The van der Waals surface area contributed by atoms with Crippen molar-refractivity contribution in [2.45, 2.75) is 45.6 Å². The number of carbonyl (C=O) groups is 1. The van der Waals surface area contributed by atoms with E-state index in [4.69, 9.17) is 0 Å². The van der Waals surface area contributed by atoms with Gasteiger partial charge in [0, 0.05) is 17.4 Å². The first-order chi connectivity index (χ1) is 9.48. The van der Waals surface area contributed by atoms with Gasteiger partial charge in [0.25, 0.3) is 0 Å². The summed E-state index contributed by atoms with van der Waals surface area (Å²) in [4.78, 5) is 11.2. The monoisotopic (exact) mass is 276 g/mol. The predicted octanol–water partition coefficient (Wildman–Crippen LogP) is 4.25. The van der Waals surface area contributed by atoms with Crippen LogP contribution in [-0.4, -0.2) is 19.2 Å². The van der Waals surface area contributed by atoms with Crippen LogP contribution >= 0.6 is 0 Å². The Morgan fingerprint density at radius 1 is 1.35 bits per heavy atom. The molecule has 0 radical (unpaired) electrons. The average molecular weight is 276 g/mol. The van der Waals surface area contributed by atoms with Gasteiger partial charge in [-0.1, -0.05) is 26.3 Å². The summed E-state index contributed by atoms with van der Waals surface area (Å²) in [6.45, 7) is 4.66. The van der Waals surface area contributed by atoms with Crippen molar-refractivity contribution < 1.29 is 9.53 Å². The SMILES string of the molecule is COC(=O)Nc1cccc(NC2CCCC(C)(C)C2)c1. The van der Waals surface area contributed by atoms with Gasteiger partial charge in [-0.25, -0.2) is 4.79 Å². The fourth-order valence-corrected chi connectivity index (χ4v) is 2.91. The fourth-order valence-electron chi connectivity index (χ4n) is 2.91. The number of methoxy groups -OCH3 is 1. The highest BCUT2D eigenvalue weighted by molar-refractivity contribution is 5.85. The Balaban J connectivity index is 1.99. The first kappa shape index (κ1) is 14.7. The molecule has 0 saturated heterocycles. The summed E-state index contributed by atoms with van der Waals surface area (Å²) in [5.41, 5.74) is 2.20. The van der Waals surface area contributed by atoms with Gasteiger partial charge in [-0.2, -0.15) is 0 Å². The summed E-state index contributed by atoms with van der Waals surface area (Å²) >= 11 is 0. The minimum Gasteiger partial charge on any atom is -0.453 e. The van der Waals surface area contributed by atoms with E-state index in [-0.39, 0.29) is 0 Å². The Morgan fingerprint density at radius 2 is 2.10 bits per heavy atom. The Bertz CT molecular complexity index is 471. The van der Waals surface area contributed by atoms with Crippen LogP contribution in [0.15, 0.2) is 24.3 Å². The second kappa shape index (κ2) is 6.16. The van der Waals surface area contributed by atoms with E-state index in [1.54, 1.807) is 0 Å². The molecule has 1 unspecified atom stereocenters. The Labute approximate surface area is 120 Å². The van der Waals surface area contributed by atoms with Crippen molar-refractivity contribution in [3.05, 3.63) is 24.3 Å². The number of benzene rings is 1. The summed E-state index contributed by atoms with van der Waals surface area (Å²) in [7, 11) is 1.36. The van der Waals surface area contributed by atoms with Crippen LogP contribution < -0.4 is 10.6 Å². The third-order valence-electron chi connectivity index (χ3n) is 3.87. The largest absolute Gasteiger partial charge is 0.453 e. The van der Waals surface area contributed by atoms with Gasteiger partial charge < -0.3 is 10.1 Å². The highest BCUT2D eigenvalue weighted by atomic mass is 16.5. The van der Waals surface area contributed by atoms with Crippen molar-refractivity contribution >= 4 is 17.5 Å². The van der Waals surface area contributed by atoms with Gasteiger partial charge in [0.1, 0.15) is 0 Å². The van der Waals surface area contributed by atoms with Gasteiger partial charge in [0.2, 0.25) is 0 Å². The van der Waals surface area contributed by atoms with Crippen molar-refractivity contribution in [3.8, 4) is 0 Å². The van der Waals surface area contributed by atoms with Crippen molar-refractivity contribution in [1.82, 2.24) is 0 Å². The van der Waals surface area contributed by atoms with Crippen LogP contribution in [0, 0.1) is 5.41 Å². The number of amides is 1. The molecule has 1 fully saturated rings. The fraction of sp³-hybridized carbons (Fsp3) is 0.562. The molecule has 1 aliphatic rings. The van der Waals surface area contributed by atoms with E-state index in [1.807, 2.05) is 24.3 Å². The smallest absolute Gasteiger partial charge is 0.411 e. The van der Waals surface area contributed by atoms with Gasteiger partial charge in [0.05, 0.1) is 7.11 Å². The lowest BCUT2D eigenvalue weighted by molar-refractivity contribution is 0.187. The molecule has 4 heteroatoms. The van der Waals surface area contributed by atoms with Crippen LogP contribution in [0.1, 0.15) is 39.5 Å². The maximum absolute atomic E-state index is 11.2. The molecule has 1 aliphatic carbocycles. The summed E-state index contributed by atoms with van der Waals surface area (Å²) in [6, 6.07) is 8.27. The van der Waals surface area contributed by atoms with E-state index >= 15 is 0 Å². The molecule has 2 rings (SSSR count). The normalized spacial score (nSPS) is 21.1. The number of rotatable bonds is 3. The lowest BCUT2D eigenvalue weighted by atomic mass is 9.75. The molecule has 0 aliphatic heterocycles. The lowest BCUT2D eigenvalue weighted by Gasteiger charge is -2.36. The lowest BCUT2D eigenvalue weighted by Crippen LogP contribution is -2.31. The number of nitrogens with one attached hydrogen (secondary N) is 2. The predicted molar refractivity (Wildman–Crippen MR) is 82.1 cm³/mol. The molecular weight excluding hydrogens is 252 g/mol. The maximum Gasteiger partial charge on any atom is 0.411 e. The molecule has 4 nitrogen and oxygen atoms in total. The van der Waals surface area contributed by atoms with E-state index in [0.717, 1.165) is 11.4 Å². The maximum atomic E-state index is 11.2. The van der Waals surface area contributed by atoms with E-state index < -0.39 is 6.09 Å². The molecule has 0 spiro atoms. The van der Waals surface area contributed by atoms with Gasteiger partial charge in [-0.15, -0.1) is 0 Å². The standard InChI is InChI=1S/C16H24N2O2/c1-16(2)9-5-8-14(11-16)17-12-6-4-7-13(10-12)18-15(19)20-3/h4,6-7,10,14,17H,5,8-9,11H2,1-3H3,(H,18,19). The summed E-state index contributed by atoms with van der Waals surface area (Å²) in [5, 5.41) is 6.26. The van der Waals surface area contributed by atoms with Crippen LogP contribution in [0.5, 0.6) is 0 Å². The van der Waals surface area contributed by atoms with Crippen molar-refractivity contribution in [1.29, 1.82) is 0 Å². The van der Waals surface area contributed by atoms with Gasteiger partial charge in [0.15, 0.2) is 0 Å². The van der Waals surface area contributed by atoms with Crippen molar-refractivity contribution in [2.24, 2.45) is 5.41 Å². The summed E-state index contributed by atoms with van der Waals surface area (Å²) in [6.07, 6.45) is 4.51. The molecular formula is C16H24N2O2. The zero-order valence-corrected chi connectivity index (χ0v) is 12.5. The number of carbonyl (C=O) groups excluding carboxylic acids is 1. The van der Waals surface area contributed by atoms with Crippen LogP contribution in [0.2, 0.25) is 0 Å². The van der Waals surface area contributed by atoms with Crippen LogP contribution in [0.25, 0.3) is 0 Å². The molecule has 1 aromatic carbocycles. The minimum absolute atomic E-state index is 0.414. The third kappa shape index (κ3) is 4.15. The molecule has 0 bridgehead atoms. The van der Waals surface area contributed by atoms with Crippen LogP contribution in [0.4, 0.5) is 16.2 Å². The Hall–Kier alpha value is -1.71. The average Bonchev–Trinajstić information content (AvgIpc) is 2.37. The zero-order chi connectivity index (χ0) is 14.6. The highest BCUT2D eigenvalue weighted by Crippen LogP contribution is 2.36. The minimum atomic E-state index is -0.444. The Morgan fingerprint density at radius 3 is 2.80 bits per heavy atom. The summed E-state index contributed by atoms with van der Waals surface area (Å²) in [5.74, 6) is 0. The number of ether oxygens (including phenoxy) is 1. The first-order valence-corrected chi connectivity index (χ1v) is 7.20. The quantitative estimate of drug-likeness (QED) is 0.868. The summed E-state index contributed by atoms with van der Waals surface area (Å²) < 4.78 is 4.60. The Kier molecular flexibility index (Phi) is 4.53. The molecule has 1 atom stereocenters. The van der Waals surface area contributed by atoms with Gasteiger partial charge >= 0.3 is 6.09 Å². The van der Waals surface area contributed by atoms with Crippen LogP contribution in [0.3, 0.4) is 0 Å². The molecule has 2 N–H and O–H groups in total. The van der Waals surface area contributed by atoms with E-state index in [1.165, 1.54) is 32.8 Å². The second-order valence-electron chi connectivity index (χ2n) is 6.30. The highest BCUT2D eigenvalue weighted by Gasteiger charge is 2.27. The number of anilines is 2. The van der Waals surface area contributed by atoms with Crippen LogP contribution in [-0.2, 0) is 4.74 Å². The van der Waals surface area contributed by atoms with Gasteiger partial charge in [-0.05, 0) is 42.9 Å². The molecule has 0 heterocycles. The zero-order valence-electron chi connectivity index (χ0n) is 12.5. The molecule has 0 aromatic heterocycles. The molecule has 20 heavy (non-hydrogen) atoms. The van der Waals surface area contributed by atoms with Crippen molar-refractivity contribution in [3.63, 3.8) is 0 Å². The molecule has 1 saturated carbocycles. The molecule has 1 amide bonds. The molecule has 1 aromatic rings. The molecule has 110 valence electrons. The van der Waals surface area contributed by atoms with Gasteiger partial charge in [-0.3, -0.25) is 5.32 Å². The van der Waals surface area contributed by atoms with E-state index in [0.29, 0.717) is 11.5 Å². The topological polar surface area (TPSA) is 50.4 Å². The second-order valence-corrected chi connectivity index (χ2v) is 6.30. The number of hydrogen-bond donors (Lipinski definition) is 2. The van der Waals surface area contributed by atoms with Crippen molar-refractivity contribution in [2.75, 3.05) is 17.7 Å². The number of hydrogen-bond acceptors (Lipinski definition) is 3. The van der Waals surface area contributed by atoms with E-state index in [9.17, 15) is 4.79 Å². The third-order valence-corrected chi connectivity index (χ3v) is 3.87.